The fourth-order valence-electron chi connectivity index (χ4n) is 4.78. The number of carbonyl (C=O) groups is 2. The topological polar surface area (TPSA) is 211 Å². The first-order chi connectivity index (χ1) is 18.5. The summed E-state index contributed by atoms with van der Waals surface area (Å²) >= 11 is 0. The Hall–Kier alpha value is -3.24. The Labute approximate surface area is 222 Å². The summed E-state index contributed by atoms with van der Waals surface area (Å²) in [6, 6.07) is 3.87. The number of carbonyl (C=O) groups excluding carboxylic acids is 2. The molecule has 0 amide bonds. The van der Waals surface area contributed by atoms with E-state index in [9.17, 15) is 40.2 Å². The molecule has 0 saturated carbocycles. The van der Waals surface area contributed by atoms with Gasteiger partial charge in [-0.1, -0.05) is 6.08 Å². The standard InChI is InChI=1S/C25H30O14/c1-34-15-7-11(3-4-14(15)27)21(31)36-9-12-5-6-25(33)13(22(32)35-2)10-37-23(17(12)25)39-24-20(30)19(29)18(28)16(8-26)38-24/h3-5,7,10,16-20,23-24,26-30,33H,6,8-9H2,1-2H3. The zero-order valence-corrected chi connectivity index (χ0v) is 21.0. The fraction of sp³-hybridized carbons (Fsp3) is 0.520. The van der Waals surface area contributed by atoms with Crippen molar-refractivity contribution in [3.8, 4) is 11.5 Å². The highest BCUT2D eigenvalue weighted by atomic mass is 16.8. The van der Waals surface area contributed by atoms with Crippen molar-refractivity contribution in [2.45, 2.75) is 49.0 Å². The lowest BCUT2D eigenvalue weighted by molar-refractivity contribution is -0.343. The van der Waals surface area contributed by atoms with E-state index in [1.165, 1.54) is 31.4 Å². The Bertz CT molecular complexity index is 1150. The largest absolute Gasteiger partial charge is 0.504 e. The molecule has 0 radical (unpaired) electrons. The lowest BCUT2D eigenvalue weighted by Gasteiger charge is -2.44. The number of ether oxygens (including phenoxy) is 6. The van der Waals surface area contributed by atoms with E-state index in [1.54, 1.807) is 0 Å². The second-order valence-electron chi connectivity index (χ2n) is 9.21. The number of aliphatic hydroxyl groups excluding tert-OH is 4. The van der Waals surface area contributed by atoms with Crippen LogP contribution in [0.3, 0.4) is 0 Å². The highest BCUT2D eigenvalue weighted by Gasteiger charge is 2.57. The van der Waals surface area contributed by atoms with Gasteiger partial charge >= 0.3 is 11.9 Å². The average Bonchev–Trinajstić information content (AvgIpc) is 3.29. The van der Waals surface area contributed by atoms with E-state index in [1.807, 2.05) is 0 Å². The van der Waals surface area contributed by atoms with Crippen molar-refractivity contribution in [1.82, 2.24) is 0 Å². The Morgan fingerprint density at radius 2 is 1.82 bits per heavy atom. The molecule has 8 unspecified atom stereocenters. The zero-order chi connectivity index (χ0) is 28.5. The predicted octanol–water partition coefficient (Wildman–Crippen LogP) is -1.54. The third-order valence-corrected chi connectivity index (χ3v) is 6.96. The maximum Gasteiger partial charge on any atom is 0.339 e. The van der Waals surface area contributed by atoms with E-state index in [4.69, 9.17) is 28.4 Å². The first-order valence-electron chi connectivity index (χ1n) is 11.9. The number of phenolic OH excluding ortho intramolecular Hbond substituents is 1. The normalized spacial score (nSPS) is 33.8. The molecular weight excluding hydrogens is 524 g/mol. The molecule has 4 rings (SSSR count). The van der Waals surface area contributed by atoms with Gasteiger partial charge < -0.3 is 59.1 Å². The van der Waals surface area contributed by atoms with E-state index < -0.39 is 67.1 Å². The quantitative estimate of drug-likeness (QED) is 0.159. The molecule has 1 aromatic rings. The van der Waals surface area contributed by atoms with Crippen LogP contribution in [0.5, 0.6) is 11.5 Å². The van der Waals surface area contributed by atoms with Gasteiger partial charge in [0, 0.05) is 0 Å². The zero-order valence-electron chi connectivity index (χ0n) is 21.0. The molecule has 0 spiro atoms. The number of esters is 2. The predicted molar refractivity (Wildman–Crippen MR) is 126 cm³/mol. The minimum absolute atomic E-state index is 0.0560. The Morgan fingerprint density at radius 1 is 1.08 bits per heavy atom. The first kappa shape index (κ1) is 28.8. The molecule has 14 heteroatoms. The van der Waals surface area contributed by atoms with Gasteiger partial charge in [-0.2, -0.15) is 0 Å². The number of hydrogen-bond acceptors (Lipinski definition) is 14. The van der Waals surface area contributed by atoms with Gasteiger partial charge in [-0.05, 0) is 30.2 Å². The molecule has 2 heterocycles. The van der Waals surface area contributed by atoms with Gasteiger partial charge in [0.1, 0.15) is 42.2 Å². The summed E-state index contributed by atoms with van der Waals surface area (Å²) in [6.45, 7) is -1.07. The Morgan fingerprint density at radius 3 is 2.49 bits per heavy atom. The summed E-state index contributed by atoms with van der Waals surface area (Å²) < 4.78 is 31.9. The van der Waals surface area contributed by atoms with Gasteiger partial charge in [0.25, 0.3) is 0 Å². The van der Waals surface area contributed by atoms with E-state index in [2.05, 4.69) is 0 Å². The smallest absolute Gasteiger partial charge is 0.339 e. The third-order valence-electron chi connectivity index (χ3n) is 6.96. The summed E-state index contributed by atoms with van der Waals surface area (Å²) in [7, 11) is 2.44. The molecule has 14 nitrogen and oxygen atoms in total. The van der Waals surface area contributed by atoms with Gasteiger partial charge in [0.05, 0.1) is 38.6 Å². The van der Waals surface area contributed by atoms with E-state index >= 15 is 0 Å². The monoisotopic (exact) mass is 554 g/mol. The molecule has 0 bridgehead atoms. The van der Waals surface area contributed by atoms with Crippen LogP contribution < -0.4 is 4.74 Å². The van der Waals surface area contributed by atoms with Crippen molar-refractivity contribution >= 4 is 11.9 Å². The second-order valence-corrected chi connectivity index (χ2v) is 9.21. The van der Waals surface area contributed by atoms with E-state index in [0.29, 0.717) is 5.57 Å². The number of aromatic hydroxyl groups is 1. The van der Waals surface area contributed by atoms with Crippen LogP contribution in [0.25, 0.3) is 0 Å². The van der Waals surface area contributed by atoms with Crippen LogP contribution in [-0.2, 0) is 28.5 Å². The molecule has 1 aromatic carbocycles. The van der Waals surface area contributed by atoms with E-state index in [-0.39, 0.29) is 35.7 Å². The van der Waals surface area contributed by atoms with Crippen molar-refractivity contribution in [3.63, 3.8) is 0 Å². The van der Waals surface area contributed by atoms with Crippen molar-refractivity contribution in [2.75, 3.05) is 27.4 Å². The number of methoxy groups -OCH3 is 2. The van der Waals surface area contributed by atoms with E-state index in [0.717, 1.165) is 13.4 Å². The van der Waals surface area contributed by atoms with Gasteiger partial charge in [0.2, 0.25) is 6.29 Å². The van der Waals surface area contributed by atoms with Gasteiger partial charge in [-0.25, -0.2) is 9.59 Å². The van der Waals surface area contributed by atoms with Gasteiger partial charge in [0.15, 0.2) is 17.8 Å². The number of fused-ring (bicyclic) bond motifs is 1. The number of phenols is 1. The van der Waals surface area contributed by atoms with Crippen LogP contribution in [0.4, 0.5) is 0 Å². The fourth-order valence-corrected chi connectivity index (χ4v) is 4.78. The lowest BCUT2D eigenvalue weighted by atomic mass is 9.79. The Balaban J connectivity index is 1.56. The molecular formula is C25H30O14. The number of hydrogen-bond donors (Lipinski definition) is 6. The summed E-state index contributed by atoms with van der Waals surface area (Å²) in [6.07, 6.45) is -7.07. The van der Waals surface area contributed by atoms with Crippen LogP contribution in [0.15, 0.2) is 41.7 Å². The van der Waals surface area contributed by atoms with Crippen LogP contribution in [0.1, 0.15) is 16.8 Å². The molecule has 3 aliphatic rings. The SMILES string of the molecule is COC(=O)C1=COC(OC2OC(CO)C(O)C(O)C2O)C2C(COC(=O)c3ccc(O)c(OC)c3)=CCC12O. The number of benzene rings is 1. The average molecular weight is 555 g/mol. The number of rotatable bonds is 8. The minimum atomic E-state index is -1.92. The van der Waals surface area contributed by atoms with Gasteiger partial charge in [-0.15, -0.1) is 0 Å². The Kier molecular flexibility index (Phi) is 8.46. The molecule has 0 aromatic heterocycles. The second kappa shape index (κ2) is 11.5. The third kappa shape index (κ3) is 5.32. The molecule has 1 aliphatic carbocycles. The summed E-state index contributed by atoms with van der Waals surface area (Å²) in [5.41, 5.74) is -1.79. The van der Waals surface area contributed by atoms with Crippen molar-refractivity contribution < 1.29 is 68.6 Å². The van der Waals surface area contributed by atoms with Crippen LogP contribution >= 0.6 is 0 Å². The van der Waals surface area contributed by atoms with Crippen molar-refractivity contribution in [2.24, 2.45) is 5.92 Å². The summed E-state index contributed by atoms with van der Waals surface area (Å²) in [5.74, 6) is -2.95. The maximum atomic E-state index is 12.7. The number of aliphatic hydroxyl groups is 5. The molecule has 6 N–H and O–H groups in total. The maximum absolute atomic E-state index is 12.7. The highest BCUT2D eigenvalue weighted by molar-refractivity contribution is 5.91. The van der Waals surface area contributed by atoms with Gasteiger partial charge in [-0.3, -0.25) is 0 Å². The lowest BCUT2D eigenvalue weighted by Crippen LogP contribution is -2.61. The minimum Gasteiger partial charge on any atom is -0.504 e. The van der Waals surface area contributed by atoms with Crippen LogP contribution in [-0.4, -0.2) is 113 Å². The highest BCUT2D eigenvalue weighted by Crippen LogP contribution is 2.47. The van der Waals surface area contributed by atoms with Crippen molar-refractivity contribution in [1.29, 1.82) is 0 Å². The first-order valence-corrected chi connectivity index (χ1v) is 11.9. The summed E-state index contributed by atoms with van der Waals surface area (Å²) in [5, 5.41) is 61.4. The molecule has 2 aliphatic heterocycles. The molecule has 8 atom stereocenters. The molecule has 214 valence electrons. The summed E-state index contributed by atoms with van der Waals surface area (Å²) in [4.78, 5) is 25.1. The van der Waals surface area contributed by atoms with Crippen molar-refractivity contribution in [3.05, 3.63) is 47.2 Å². The van der Waals surface area contributed by atoms with Crippen LogP contribution in [0.2, 0.25) is 0 Å². The molecule has 1 fully saturated rings. The molecule has 39 heavy (non-hydrogen) atoms. The molecule has 1 saturated heterocycles. The van der Waals surface area contributed by atoms with Crippen LogP contribution in [0, 0.1) is 5.92 Å².